The summed E-state index contributed by atoms with van der Waals surface area (Å²) in [4.78, 5) is 27.0. The van der Waals surface area contributed by atoms with E-state index in [1.165, 1.54) is 22.9 Å². The van der Waals surface area contributed by atoms with E-state index in [0.29, 0.717) is 11.4 Å². The molecule has 6 nitrogen and oxygen atoms in total. The summed E-state index contributed by atoms with van der Waals surface area (Å²) in [6, 6.07) is 8.39. The first-order valence-corrected chi connectivity index (χ1v) is 7.23. The van der Waals surface area contributed by atoms with Crippen LogP contribution in [0.4, 0.5) is 11.4 Å². The largest absolute Gasteiger partial charge is 0.399 e. The van der Waals surface area contributed by atoms with Gasteiger partial charge in [-0.2, -0.15) is 5.26 Å². The molecule has 0 aliphatic rings. The van der Waals surface area contributed by atoms with Crippen molar-refractivity contribution in [3.05, 3.63) is 61.3 Å². The van der Waals surface area contributed by atoms with Crippen LogP contribution in [0.1, 0.15) is 6.92 Å². The SMILES string of the molecule is C=CCN(CC=C)C(=O)/C(C#N)=C\N(C(C)=O)c1ccc(N)cc1. The average molecular weight is 324 g/mol. The molecule has 0 fully saturated rings. The minimum absolute atomic E-state index is 0.161. The number of nitrogens with two attached hydrogens (primary N) is 1. The summed E-state index contributed by atoms with van der Waals surface area (Å²) in [5.74, 6) is -0.835. The Morgan fingerprint density at radius 1 is 1.21 bits per heavy atom. The predicted molar refractivity (Wildman–Crippen MR) is 94.7 cm³/mol. The summed E-state index contributed by atoms with van der Waals surface area (Å²) >= 11 is 0. The van der Waals surface area contributed by atoms with Crippen LogP contribution in [0.2, 0.25) is 0 Å². The van der Waals surface area contributed by atoms with Gasteiger partial charge in [0.2, 0.25) is 5.91 Å². The van der Waals surface area contributed by atoms with Crippen molar-refractivity contribution in [1.29, 1.82) is 5.26 Å². The Hall–Kier alpha value is -3.33. The van der Waals surface area contributed by atoms with Gasteiger partial charge in [-0.3, -0.25) is 14.5 Å². The van der Waals surface area contributed by atoms with E-state index in [1.807, 2.05) is 6.07 Å². The molecule has 0 spiro atoms. The van der Waals surface area contributed by atoms with Gasteiger partial charge in [0, 0.05) is 37.6 Å². The number of nitrogens with zero attached hydrogens (tertiary/aromatic N) is 3. The van der Waals surface area contributed by atoms with Crippen molar-refractivity contribution in [2.45, 2.75) is 6.92 Å². The lowest BCUT2D eigenvalue weighted by molar-refractivity contribution is -0.125. The molecule has 0 heterocycles. The second-order valence-corrected chi connectivity index (χ2v) is 4.92. The minimum Gasteiger partial charge on any atom is -0.399 e. The molecule has 2 amide bonds. The maximum Gasteiger partial charge on any atom is 0.266 e. The second-order valence-electron chi connectivity index (χ2n) is 4.92. The molecule has 0 aromatic heterocycles. The monoisotopic (exact) mass is 324 g/mol. The van der Waals surface area contributed by atoms with Crippen molar-refractivity contribution in [3.8, 4) is 6.07 Å². The normalized spacial score (nSPS) is 10.4. The summed E-state index contributed by atoms with van der Waals surface area (Å²) in [5.41, 5.74) is 6.53. The summed E-state index contributed by atoms with van der Waals surface area (Å²) in [7, 11) is 0. The number of nitriles is 1. The first-order chi connectivity index (χ1) is 11.4. The topological polar surface area (TPSA) is 90.4 Å². The van der Waals surface area contributed by atoms with Crippen LogP contribution < -0.4 is 10.6 Å². The lowest BCUT2D eigenvalue weighted by Gasteiger charge is -2.21. The predicted octanol–water partition coefficient (Wildman–Crippen LogP) is 2.23. The smallest absolute Gasteiger partial charge is 0.266 e. The Balaban J connectivity index is 3.22. The summed E-state index contributed by atoms with van der Waals surface area (Å²) in [5, 5.41) is 9.33. The van der Waals surface area contributed by atoms with Crippen LogP contribution in [-0.2, 0) is 9.59 Å². The van der Waals surface area contributed by atoms with Crippen LogP contribution in [0.15, 0.2) is 61.3 Å². The van der Waals surface area contributed by atoms with Gasteiger partial charge in [-0.25, -0.2) is 0 Å². The lowest BCUT2D eigenvalue weighted by Crippen LogP contribution is -2.33. The first-order valence-electron chi connectivity index (χ1n) is 7.23. The molecule has 0 radical (unpaired) electrons. The van der Waals surface area contributed by atoms with Crippen LogP contribution >= 0.6 is 0 Å². The number of amides is 2. The number of benzene rings is 1. The van der Waals surface area contributed by atoms with E-state index in [1.54, 1.807) is 36.4 Å². The molecule has 0 saturated carbocycles. The Kier molecular flexibility index (Phi) is 6.98. The summed E-state index contributed by atoms with van der Waals surface area (Å²) in [6.07, 6.45) is 4.34. The molecular formula is C18H20N4O2. The van der Waals surface area contributed by atoms with Crippen molar-refractivity contribution >= 4 is 23.2 Å². The highest BCUT2D eigenvalue weighted by molar-refractivity contribution is 6.01. The number of hydrogen-bond acceptors (Lipinski definition) is 4. The van der Waals surface area contributed by atoms with Crippen molar-refractivity contribution < 1.29 is 9.59 Å². The van der Waals surface area contributed by atoms with Crippen molar-refractivity contribution in [3.63, 3.8) is 0 Å². The molecule has 0 bridgehead atoms. The zero-order valence-electron chi connectivity index (χ0n) is 13.6. The highest BCUT2D eigenvalue weighted by Crippen LogP contribution is 2.18. The number of nitrogen functional groups attached to an aromatic ring is 1. The van der Waals surface area contributed by atoms with Crippen LogP contribution in [0.5, 0.6) is 0 Å². The van der Waals surface area contributed by atoms with E-state index in [2.05, 4.69) is 13.2 Å². The maximum atomic E-state index is 12.5. The molecule has 0 aliphatic carbocycles. The third kappa shape index (κ3) is 4.85. The molecule has 0 atom stereocenters. The summed E-state index contributed by atoms with van der Waals surface area (Å²) in [6.45, 7) is 9.06. The van der Waals surface area contributed by atoms with E-state index in [0.717, 1.165) is 0 Å². The Bertz CT molecular complexity index is 689. The molecule has 124 valence electrons. The van der Waals surface area contributed by atoms with Gasteiger partial charge in [0.1, 0.15) is 11.6 Å². The third-order valence-corrected chi connectivity index (χ3v) is 3.11. The van der Waals surface area contributed by atoms with E-state index >= 15 is 0 Å². The van der Waals surface area contributed by atoms with Gasteiger partial charge >= 0.3 is 0 Å². The van der Waals surface area contributed by atoms with Gasteiger partial charge in [-0.1, -0.05) is 12.2 Å². The molecule has 0 unspecified atom stereocenters. The Labute approximate surface area is 141 Å². The zero-order chi connectivity index (χ0) is 18.1. The highest BCUT2D eigenvalue weighted by atomic mass is 16.2. The molecule has 1 rings (SSSR count). The van der Waals surface area contributed by atoms with Crippen LogP contribution in [0.3, 0.4) is 0 Å². The number of carbonyl (C=O) groups excluding carboxylic acids is 2. The van der Waals surface area contributed by atoms with Crippen LogP contribution in [0.25, 0.3) is 0 Å². The fraction of sp³-hybridized carbons (Fsp3) is 0.167. The van der Waals surface area contributed by atoms with E-state index in [-0.39, 0.29) is 24.6 Å². The lowest BCUT2D eigenvalue weighted by atomic mass is 10.2. The Morgan fingerprint density at radius 3 is 2.17 bits per heavy atom. The number of hydrogen-bond donors (Lipinski definition) is 1. The van der Waals surface area contributed by atoms with Gasteiger partial charge in [0.05, 0.1) is 0 Å². The van der Waals surface area contributed by atoms with Gasteiger partial charge in [0.15, 0.2) is 0 Å². The van der Waals surface area contributed by atoms with Crippen LogP contribution in [-0.4, -0.2) is 29.8 Å². The van der Waals surface area contributed by atoms with Crippen LogP contribution in [0, 0.1) is 11.3 Å². The fourth-order valence-corrected chi connectivity index (χ4v) is 1.97. The third-order valence-electron chi connectivity index (χ3n) is 3.11. The molecule has 0 saturated heterocycles. The van der Waals surface area contributed by atoms with E-state index in [9.17, 15) is 14.9 Å². The zero-order valence-corrected chi connectivity index (χ0v) is 13.6. The molecule has 6 heteroatoms. The fourth-order valence-electron chi connectivity index (χ4n) is 1.97. The van der Waals surface area contributed by atoms with Gasteiger partial charge in [-0.15, -0.1) is 13.2 Å². The average Bonchev–Trinajstić information content (AvgIpc) is 2.56. The number of rotatable bonds is 7. The van der Waals surface area contributed by atoms with E-state index < -0.39 is 5.91 Å². The first kappa shape index (κ1) is 18.7. The summed E-state index contributed by atoms with van der Waals surface area (Å²) < 4.78 is 0. The Morgan fingerprint density at radius 2 is 1.75 bits per heavy atom. The number of carbonyl (C=O) groups is 2. The molecule has 24 heavy (non-hydrogen) atoms. The number of anilines is 2. The molecule has 2 N–H and O–H groups in total. The van der Waals surface area contributed by atoms with Crippen molar-refractivity contribution in [2.75, 3.05) is 23.7 Å². The quantitative estimate of drug-likeness (QED) is 0.360. The highest BCUT2D eigenvalue weighted by Gasteiger charge is 2.19. The van der Waals surface area contributed by atoms with Gasteiger partial charge in [0.25, 0.3) is 5.91 Å². The molecule has 1 aromatic carbocycles. The molecule has 0 aliphatic heterocycles. The van der Waals surface area contributed by atoms with E-state index in [4.69, 9.17) is 5.73 Å². The maximum absolute atomic E-state index is 12.5. The van der Waals surface area contributed by atoms with Crippen molar-refractivity contribution in [1.82, 2.24) is 4.90 Å². The second kappa shape index (κ2) is 8.96. The minimum atomic E-state index is -0.501. The molecule has 1 aromatic rings. The van der Waals surface area contributed by atoms with Crippen molar-refractivity contribution in [2.24, 2.45) is 0 Å². The van der Waals surface area contributed by atoms with Gasteiger partial charge < -0.3 is 10.6 Å². The van der Waals surface area contributed by atoms with Gasteiger partial charge in [-0.05, 0) is 24.3 Å². The molecular weight excluding hydrogens is 304 g/mol. The standard InChI is InChI=1S/C18H20N4O2/c1-4-10-21(11-5-2)18(24)15(12-19)13-22(14(3)23)17-8-6-16(20)7-9-17/h4-9,13H,1-2,10-11,20H2,3H3/b15-13-.